The summed E-state index contributed by atoms with van der Waals surface area (Å²) in [6, 6.07) is 9.18. The van der Waals surface area contributed by atoms with Crippen molar-refractivity contribution in [2.45, 2.75) is 0 Å². The lowest BCUT2D eigenvalue weighted by Gasteiger charge is -2.07. The van der Waals surface area contributed by atoms with Crippen LogP contribution in [0.15, 0.2) is 29.5 Å². The normalized spacial score (nSPS) is 8.53. The van der Waals surface area contributed by atoms with Gasteiger partial charge in [0.15, 0.2) is 5.57 Å². The summed E-state index contributed by atoms with van der Waals surface area (Å²) in [6.45, 7) is 0. The van der Waals surface area contributed by atoms with Crippen molar-refractivity contribution in [1.29, 1.82) is 15.8 Å². The quantitative estimate of drug-likeness (QED) is 0.627. The van der Waals surface area contributed by atoms with Gasteiger partial charge >= 0.3 is 5.97 Å². The fourth-order valence-corrected chi connectivity index (χ4v) is 1.82. The number of nitriles is 3. The number of aromatic carboxylic acids is 1. The molecule has 0 aromatic heterocycles. The summed E-state index contributed by atoms with van der Waals surface area (Å²) in [5.74, 6) is -1.06. The molecular formula is C12H5IN4O2. The van der Waals surface area contributed by atoms with Gasteiger partial charge in [-0.2, -0.15) is 15.8 Å². The molecular weight excluding hydrogens is 359 g/mol. The lowest BCUT2D eigenvalue weighted by atomic mass is 10.2. The second kappa shape index (κ2) is 6.39. The van der Waals surface area contributed by atoms with Gasteiger partial charge in [-0.05, 0) is 40.8 Å². The fraction of sp³-hybridized carbons (Fsp3) is 0. The Labute approximate surface area is 122 Å². The average Bonchev–Trinajstić information content (AvgIpc) is 2.40. The van der Waals surface area contributed by atoms with E-state index in [1.807, 2.05) is 22.6 Å². The monoisotopic (exact) mass is 364 g/mol. The number of anilines is 1. The maximum absolute atomic E-state index is 10.8. The number of halogens is 1. The van der Waals surface area contributed by atoms with Crippen LogP contribution in [0.25, 0.3) is 0 Å². The minimum atomic E-state index is -1.06. The number of nitrogens with one attached hydrogen (secondary N) is 1. The molecule has 19 heavy (non-hydrogen) atoms. The molecule has 92 valence electrons. The van der Waals surface area contributed by atoms with Crippen molar-refractivity contribution in [2.75, 3.05) is 5.32 Å². The number of hydrogen-bond acceptors (Lipinski definition) is 5. The summed E-state index contributed by atoms with van der Waals surface area (Å²) >= 11 is 1.89. The Morgan fingerprint density at radius 1 is 1.21 bits per heavy atom. The first kappa shape index (κ1) is 14.5. The zero-order valence-corrected chi connectivity index (χ0v) is 11.5. The number of hydrogen-bond donors (Lipinski definition) is 2. The molecule has 0 radical (unpaired) electrons. The van der Waals surface area contributed by atoms with Gasteiger partial charge in [-0.3, -0.25) is 0 Å². The van der Waals surface area contributed by atoms with Gasteiger partial charge in [0.1, 0.15) is 23.9 Å². The summed E-state index contributed by atoms with van der Waals surface area (Å²) in [4.78, 5) is 10.8. The highest BCUT2D eigenvalue weighted by Gasteiger charge is 2.10. The van der Waals surface area contributed by atoms with E-state index >= 15 is 0 Å². The smallest absolute Gasteiger partial charge is 0.335 e. The third-order valence-corrected chi connectivity index (χ3v) is 2.95. The summed E-state index contributed by atoms with van der Waals surface area (Å²) in [5.41, 5.74) is 0.0509. The third-order valence-electron chi connectivity index (χ3n) is 2.06. The molecule has 6 nitrogen and oxygen atoms in total. The number of rotatable bonds is 3. The van der Waals surface area contributed by atoms with Crippen LogP contribution in [-0.2, 0) is 0 Å². The van der Waals surface area contributed by atoms with E-state index in [0.29, 0.717) is 9.26 Å². The standard InChI is InChI=1S/C12H5IN4O2/c13-9-3-7(12(18)19)1-2-10(9)17-11(6-16)8(4-14)5-15/h1-3,17H,(H,18,19). The van der Waals surface area contributed by atoms with Crippen LogP contribution in [-0.4, -0.2) is 11.1 Å². The molecule has 1 aromatic rings. The summed E-state index contributed by atoms with van der Waals surface area (Å²) in [5, 5.41) is 37.7. The number of carboxylic acid groups (broad SMARTS) is 1. The van der Waals surface area contributed by atoms with Crippen molar-refractivity contribution in [3.8, 4) is 18.2 Å². The molecule has 0 spiro atoms. The lowest BCUT2D eigenvalue weighted by molar-refractivity contribution is 0.0697. The minimum absolute atomic E-state index is 0.109. The molecule has 2 N–H and O–H groups in total. The predicted molar refractivity (Wildman–Crippen MR) is 73.6 cm³/mol. The zero-order valence-electron chi connectivity index (χ0n) is 9.31. The molecule has 0 heterocycles. The maximum atomic E-state index is 10.8. The molecule has 7 heteroatoms. The van der Waals surface area contributed by atoms with E-state index in [1.54, 1.807) is 18.2 Å². The molecule has 0 aliphatic carbocycles. The summed E-state index contributed by atoms with van der Waals surface area (Å²) < 4.78 is 0.556. The Morgan fingerprint density at radius 3 is 2.26 bits per heavy atom. The molecule has 0 unspecified atom stereocenters. The van der Waals surface area contributed by atoms with Crippen LogP contribution >= 0.6 is 22.6 Å². The van der Waals surface area contributed by atoms with Gasteiger partial charge in [0.25, 0.3) is 0 Å². The van der Waals surface area contributed by atoms with Gasteiger partial charge < -0.3 is 10.4 Å². The maximum Gasteiger partial charge on any atom is 0.335 e. The Hall–Kier alpha value is -2.57. The van der Waals surface area contributed by atoms with Crippen LogP contribution in [0, 0.1) is 37.6 Å². The van der Waals surface area contributed by atoms with Gasteiger partial charge in [0.2, 0.25) is 0 Å². The fourth-order valence-electron chi connectivity index (χ4n) is 1.17. The first-order valence-corrected chi connectivity index (χ1v) is 5.85. The van der Waals surface area contributed by atoms with Gasteiger partial charge in [0, 0.05) is 3.57 Å². The van der Waals surface area contributed by atoms with Crippen LogP contribution in [0.3, 0.4) is 0 Å². The van der Waals surface area contributed by atoms with Gasteiger partial charge in [0.05, 0.1) is 11.3 Å². The second-order valence-corrected chi connectivity index (χ2v) is 4.37. The zero-order chi connectivity index (χ0) is 14.4. The van der Waals surface area contributed by atoms with Crippen molar-refractivity contribution in [2.24, 2.45) is 0 Å². The highest BCUT2D eigenvalue weighted by atomic mass is 127. The number of carboxylic acids is 1. The number of benzene rings is 1. The molecule has 1 rings (SSSR count). The molecule has 0 atom stereocenters. The van der Waals surface area contributed by atoms with Crippen LogP contribution in [0.1, 0.15) is 10.4 Å². The van der Waals surface area contributed by atoms with Gasteiger partial charge in [-0.15, -0.1) is 0 Å². The molecule has 1 aromatic carbocycles. The molecule has 0 aliphatic heterocycles. The highest BCUT2D eigenvalue weighted by Crippen LogP contribution is 2.22. The number of allylic oxidation sites excluding steroid dienone is 2. The van der Waals surface area contributed by atoms with E-state index < -0.39 is 5.97 Å². The molecule has 0 bridgehead atoms. The molecule has 0 amide bonds. The number of nitrogens with zero attached hydrogens (tertiary/aromatic N) is 3. The van der Waals surface area contributed by atoms with Crippen LogP contribution in [0.2, 0.25) is 0 Å². The van der Waals surface area contributed by atoms with E-state index in [4.69, 9.17) is 20.9 Å². The third kappa shape index (κ3) is 3.44. The molecule has 0 fully saturated rings. The van der Waals surface area contributed by atoms with E-state index in [2.05, 4.69) is 5.32 Å². The second-order valence-electron chi connectivity index (χ2n) is 3.21. The number of carbonyl (C=O) groups is 1. The van der Waals surface area contributed by atoms with E-state index in [0.717, 1.165) is 0 Å². The van der Waals surface area contributed by atoms with Gasteiger partial charge in [-0.25, -0.2) is 4.79 Å². The Morgan fingerprint density at radius 2 is 1.84 bits per heavy atom. The van der Waals surface area contributed by atoms with E-state index in [1.165, 1.54) is 18.2 Å². The van der Waals surface area contributed by atoms with Crippen molar-refractivity contribution in [3.05, 3.63) is 38.6 Å². The lowest BCUT2D eigenvalue weighted by Crippen LogP contribution is -2.04. The molecule has 0 aliphatic rings. The van der Waals surface area contributed by atoms with Crippen molar-refractivity contribution in [1.82, 2.24) is 0 Å². The first-order chi connectivity index (χ1) is 9.03. The Balaban J connectivity index is 3.19. The van der Waals surface area contributed by atoms with Crippen molar-refractivity contribution < 1.29 is 9.90 Å². The topological polar surface area (TPSA) is 121 Å². The van der Waals surface area contributed by atoms with Gasteiger partial charge in [-0.1, -0.05) is 0 Å². The SMILES string of the molecule is N#CC(C#N)=C(C#N)Nc1ccc(C(=O)O)cc1I. The van der Waals surface area contributed by atoms with Crippen molar-refractivity contribution >= 4 is 34.2 Å². The summed E-state index contributed by atoms with van der Waals surface area (Å²) in [6.07, 6.45) is 0. The highest BCUT2D eigenvalue weighted by molar-refractivity contribution is 14.1. The largest absolute Gasteiger partial charge is 0.478 e. The van der Waals surface area contributed by atoms with Crippen LogP contribution in [0.4, 0.5) is 5.69 Å². The summed E-state index contributed by atoms with van der Waals surface area (Å²) in [7, 11) is 0. The minimum Gasteiger partial charge on any atom is -0.478 e. The van der Waals surface area contributed by atoms with Crippen LogP contribution in [0.5, 0.6) is 0 Å². The molecule has 0 saturated heterocycles. The van der Waals surface area contributed by atoms with Crippen LogP contribution < -0.4 is 5.32 Å². The van der Waals surface area contributed by atoms with E-state index in [9.17, 15) is 4.79 Å². The Bertz CT molecular complexity index is 673. The van der Waals surface area contributed by atoms with E-state index in [-0.39, 0.29) is 16.8 Å². The predicted octanol–water partition coefficient (Wildman–Crippen LogP) is 2.23. The van der Waals surface area contributed by atoms with Crippen molar-refractivity contribution in [3.63, 3.8) is 0 Å². The average molecular weight is 364 g/mol. The molecule has 0 saturated carbocycles. The first-order valence-electron chi connectivity index (χ1n) is 4.78. The Kier molecular flexibility index (Phi) is 4.87.